The van der Waals surface area contributed by atoms with E-state index in [1.54, 1.807) is 18.2 Å². The van der Waals surface area contributed by atoms with E-state index >= 15 is 0 Å². The number of nitrogens with one attached hydrogen (secondary N) is 1. The maximum absolute atomic E-state index is 10.8. The Labute approximate surface area is 110 Å². The summed E-state index contributed by atoms with van der Waals surface area (Å²) in [6.07, 6.45) is -0.124. The highest BCUT2D eigenvalue weighted by Gasteiger charge is 2.25. The van der Waals surface area contributed by atoms with Gasteiger partial charge >= 0.3 is 6.09 Å². The zero-order valence-electron chi connectivity index (χ0n) is 9.56. The summed E-state index contributed by atoms with van der Waals surface area (Å²) >= 11 is 5.93. The lowest BCUT2D eigenvalue weighted by atomic mass is 10.2. The van der Waals surface area contributed by atoms with Gasteiger partial charge in [-0.1, -0.05) is 11.6 Å². The number of anilines is 1. The van der Waals surface area contributed by atoms with E-state index in [0.717, 1.165) is 12.1 Å². The highest BCUT2D eigenvalue weighted by molar-refractivity contribution is 6.32. The van der Waals surface area contributed by atoms with Crippen LogP contribution in [0.5, 0.6) is 0 Å². The molecular weight excluding hydrogens is 254 g/mol. The SMILES string of the molecule is N#Cc1ccc(N[C@H]2CCN(C(=O)O)C2)cc1Cl. The number of carboxylic acid groups (broad SMARTS) is 1. The molecule has 1 fully saturated rings. The molecule has 1 aliphatic heterocycles. The Morgan fingerprint density at radius 1 is 1.61 bits per heavy atom. The summed E-state index contributed by atoms with van der Waals surface area (Å²) in [5.74, 6) is 0. The Kier molecular flexibility index (Phi) is 3.58. The van der Waals surface area contributed by atoms with Crippen molar-refractivity contribution in [3.63, 3.8) is 0 Å². The van der Waals surface area contributed by atoms with Crippen LogP contribution in [0.25, 0.3) is 0 Å². The normalized spacial score (nSPS) is 18.4. The van der Waals surface area contributed by atoms with Crippen molar-refractivity contribution in [2.45, 2.75) is 12.5 Å². The van der Waals surface area contributed by atoms with Crippen LogP contribution in [-0.2, 0) is 0 Å². The van der Waals surface area contributed by atoms with E-state index in [9.17, 15) is 4.79 Å². The molecule has 2 N–H and O–H groups in total. The second-order valence-corrected chi connectivity index (χ2v) is 4.57. The van der Waals surface area contributed by atoms with E-state index < -0.39 is 6.09 Å². The molecule has 1 amide bonds. The average molecular weight is 266 g/mol. The summed E-state index contributed by atoms with van der Waals surface area (Å²) < 4.78 is 0. The van der Waals surface area contributed by atoms with E-state index in [2.05, 4.69) is 5.32 Å². The number of halogens is 1. The highest BCUT2D eigenvalue weighted by Crippen LogP contribution is 2.22. The van der Waals surface area contributed by atoms with Gasteiger partial charge < -0.3 is 15.3 Å². The molecule has 0 spiro atoms. The molecule has 6 heteroatoms. The molecule has 0 aromatic heterocycles. The van der Waals surface area contributed by atoms with Gasteiger partial charge in [-0.25, -0.2) is 4.79 Å². The number of amides is 1. The van der Waals surface area contributed by atoms with Gasteiger partial charge in [-0.2, -0.15) is 5.26 Å². The van der Waals surface area contributed by atoms with Crippen molar-refractivity contribution >= 4 is 23.4 Å². The van der Waals surface area contributed by atoms with E-state index in [4.69, 9.17) is 22.0 Å². The molecule has 94 valence electrons. The monoisotopic (exact) mass is 265 g/mol. The molecule has 5 nitrogen and oxygen atoms in total. The van der Waals surface area contributed by atoms with Crippen molar-refractivity contribution in [2.24, 2.45) is 0 Å². The largest absolute Gasteiger partial charge is 0.465 e. The Hall–Kier alpha value is -1.93. The third-order valence-corrected chi connectivity index (χ3v) is 3.23. The standard InChI is InChI=1S/C12H12ClN3O2/c13-11-5-9(2-1-8(11)6-14)15-10-3-4-16(7-10)12(17)18/h1-2,5,10,15H,3-4,7H2,(H,17,18)/t10-/m0/s1. The van der Waals surface area contributed by atoms with Gasteiger partial charge in [0.1, 0.15) is 6.07 Å². The fourth-order valence-electron chi connectivity index (χ4n) is 1.98. The van der Waals surface area contributed by atoms with Crippen molar-refractivity contribution in [2.75, 3.05) is 18.4 Å². The quantitative estimate of drug-likeness (QED) is 0.861. The van der Waals surface area contributed by atoms with Gasteiger partial charge in [0, 0.05) is 24.8 Å². The highest BCUT2D eigenvalue weighted by atomic mass is 35.5. The summed E-state index contributed by atoms with van der Waals surface area (Å²) in [5.41, 5.74) is 1.23. The summed E-state index contributed by atoms with van der Waals surface area (Å²) in [6, 6.07) is 7.18. The zero-order valence-corrected chi connectivity index (χ0v) is 10.3. The third kappa shape index (κ3) is 2.66. The number of rotatable bonds is 2. The topological polar surface area (TPSA) is 76.4 Å². The molecule has 0 unspecified atom stereocenters. The summed E-state index contributed by atoms with van der Waals surface area (Å²) in [7, 11) is 0. The molecule has 0 radical (unpaired) electrons. The fraction of sp³-hybridized carbons (Fsp3) is 0.333. The van der Waals surface area contributed by atoms with Gasteiger partial charge in [-0.3, -0.25) is 0 Å². The molecule has 1 aromatic carbocycles. The van der Waals surface area contributed by atoms with Gasteiger partial charge in [0.2, 0.25) is 0 Å². The first-order chi connectivity index (χ1) is 8.60. The number of carbonyl (C=O) groups is 1. The van der Waals surface area contributed by atoms with Gasteiger partial charge in [0.25, 0.3) is 0 Å². The molecule has 1 saturated heterocycles. The lowest BCUT2D eigenvalue weighted by molar-refractivity contribution is 0.155. The number of benzene rings is 1. The first kappa shape index (κ1) is 12.5. The molecule has 1 aromatic rings. The third-order valence-electron chi connectivity index (χ3n) is 2.92. The number of hydrogen-bond donors (Lipinski definition) is 2. The van der Waals surface area contributed by atoms with Crippen LogP contribution in [0.15, 0.2) is 18.2 Å². The lowest BCUT2D eigenvalue weighted by Gasteiger charge is -2.15. The zero-order chi connectivity index (χ0) is 13.1. The summed E-state index contributed by atoms with van der Waals surface area (Å²) in [5, 5.41) is 21.2. The van der Waals surface area contributed by atoms with E-state index in [-0.39, 0.29) is 6.04 Å². The van der Waals surface area contributed by atoms with Crippen LogP contribution in [0.1, 0.15) is 12.0 Å². The predicted molar refractivity (Wildman–Crippen MR) is 67.8 cm³/mol. The average Bonchev–Trinajstić information content (AvgIpc) is 2.78. The first-order valence-corrected chi connectivity index (χ1v) is 5.92. The van der Waals surface area contributed by atoms with Crippen LogP contribution in [0.2, 0.25) is 5.02 Å². The fourth-order valence-corrected chi connectivity index (χ4v) is 2.21. The van der Waals surface area contributed by atoms with Crippen LogP contribution >= 0.6 is 11.6 Å². The Morgan fingerprint density at radius 3 is 2.94 bits per heavy atom. The van der Waals surface area contributed by atoms with Crippen LogP contribution in [-0.4, -0.2) is 35.2 Å². The van der Waals surface area contributed by atoms with Gasteiger partial charge in [-0.15, -0.1) is 0 Å². The van der Waals surface area contributed by atoms with Crippen LogP contribution < -0.4 is 5.32 Å². The second kappa shape index (κ2) is 5.15. The minimum Gasteiger partial charge on any atom is -0.465 e. The van der Waals surface area contributed by atoms with Crippen LogP contribution in [0, 0.1) is 11.3 Å². The Bertz CT molecular complexity index is 513. The van der Waals surface area contributed by atoms with E-state index in [0.29, 0.717) is 23.7 Å². The molecule has 1 heterocycles. The second-order valence-electron chi connectivity index (χ2n) is 4.16. The molecule has 0 aliphatic carbocycles. The van der Waals surface area contributed by atoms with Crippen molar-refractivity contribution < 1.29 is 9.90 Å². The van der Waals surface area contributed by atoms with Crippen LogP contribution in [0.4, 0.5) is 10.5 Å². The van der Waals surface area contributed by atoms with Crippen molar-refractivity contribution in [3.05, 3.63) is 28.8 Å². The smallest absolute Gasteiger partial charge is 0.407 e. The van der Waals surface area contributed by atoms with Crippen LogP contribution in [0.3, 0.4) is 0 Å². The molecular formula is C12H12ClN3O2. The minimum absolute atomic E-state index is 0.0881. The molecule has 18 heavy (non-hydrogen) atoms. The molecule has 1 aliphatic rings. The molecule has 2 rings (SSSR count). The van der Waals surface area contributed by atoms with Gasteiger partial charge in [-0.05, 0) is 24.6 Å². The molecule has 0 saturated carbocycles. The van der Waals surface area contributed by atoms with Crippen molar-refractivity contribution in [1.29, 1.82) is 5.26 Å². The maximum atomic E-state index is 10.8. The number of hydrogen-bond acceptors (Lipinski definition) is 3. The van der Waals surface area contributed by atoms with Gasteiger partial charge in [0.15, 0.2) is 0 Å². The van der Waals surface area contributed by atoms with Gasteiger partial charge in [0.05, 0.1) is 10.6 Å². The predicted octanol–water partition coefficient (Wildman–Crippen LogP) is 2.38. The number of nitriles is 1. The van der Waals surface area contributed by atoms with E-state index in [1.165, 1.54) is 4.90 Å². The Balaban J connectivity index is 2.01. The molecule has 1 atom stereocenters. The maximum Gasteiger partial charge on any atom is 0.407 e. The minimum atomic E-state index is -0.892. The van der Waals surface area contributed by atoms with Crippen molar-refractivity contribution in [1.82, 2.24) is 4.90 Å². The first-order valence-electron chi connectivity index (χ1n) is 5.54. The lowest BCUT2D eigenvalue weighted by Crippen LogP contribution is -2.30. The summed E-state index contributed by atoms with van der Waals surface area (Å²) in [6.45, 7) is 1.00. The number of nitrogens with zero attached hydrogens (tertiary/aromatic N) is 2. The summed E-state index contributed by atoms with van der Waals surface area (Å²) in [4.78, 5) is 12.2. The molecule has 0 bridgehead atoms. The Morgan fingerprint density at radius 2 is 2.39 bits per heavy atom. The number of likely N-dealkylation sites (tertiary alicyclic amines) is 1. The van der Waals surface area contributed by atoms with E-state index in [1.807, 2.05) is 6.07 Å². The van der Waals surface area contributed by atoms with Crippen molar-refractivity contribution in [3.8, 4) is 6.07 Å².